The summed E-state index contributed by atoms with van der Waals surface area (Å²) in [5, 5.41) is 0. The van der Waals surface area contributed by atoms with Crippen molar-refractivity contribution in [3.05, 3.63) is 24.6 Å². The first-order valence-electron chi connectivity index (χ1n) is 7.91. The van der Waals surface area contributed by atoms with Crippen LogP contribution in [0.5, 0.6) is 0 Å². The van der Waals surface area contributed by atoms with Gasteiger partial charge in [0, 0.05) is 0 Å². The lowest BCUT2D eigenvalue weighted by Crippen LogP contribution is -3.01. The second kappa shape index (κ2) is 11.6. The molecular formula is C15H26F3NO3S. The number of halogens is 3. The monoisotopic (exact) mass is 357 g/mol. The molecule has 23 heavy (non-hydrogen) atoms. The molecule has 4 nitrogen and oxygen atoms in total. The number of quaternary nitrogens is 1. The molecule has 0 atom stereocenters. The van der Waals surface area contributed by atoms with Gasteiger partial charge in [-0.05, 0) is 25.0 Å². The molecule has 0 radical (unpaired) electrons. The highest BCUT2D eigenvalue weighted by atomic mass is 32.2. The molecule has 1 rings (SSSR count). The fraction of sp³-hybridized carbons (Fsp3) is 0.733. The van der Waals surface area contributed by atoms with Crippen molar-refractivity contribution in [2.45, 2.75) is 63.8 Å². The predicted octanol–water partition coefficient (Wildman–Crippen LogP) is 3.10. The number of allylic oxidation sites excluding steroid dienone is 2. The number of hydrogen-bond acceptors (Lipinski definition) is 3. The SMILES string of the molecule is CCCCCCCCCC[NH+]1C=CC=C1.O=S(=O)([O-])C(F)(F)F. The molecule has 1 heterocycles. The van der Waals surface area contributed by atoms with Crippen LogP contribution in [0.1, 0.15) is 58.3 Å². The van der Waals surface area contributed by atoms with Crippen LogP contribution < -0.4 is 4.90 Å². The summed E-state index contributed by atoms with van der Waals surface area (Å²) >= 11 is 0. The lowest BCUT2D eigenvalue weighted by atomic mass is 10.1. The van der Waals surface area contributed by atoms with Crippen LogP contribution in [0.3, 0.4) is 0 Å². The zero-order valence-corrected chi connectivity index (χ0v) is 14.3. The Morgan fingerprint density at radius 2 is 1.30 bits per heavy atom. The van der Waals surface area contributed by atoms with E-state index in [9.17, 15) is 13.2 Å². The van der Waals surface area contributed by atoms with E-state index < -0.39 is 15.6 Å². The van der Waals surface area contributed by atoms with Crippen LogP contribution in [-0.4, -0.2) is 25.0 Å². The van der Waals surface area contributed by atoms with Gasteiger partial charge in [-0.25, -0.2) is 8.42 Å². The lowest BCUT2D eigenvalue weighted by molar-refractivity contribution is -0.787. The largest absolute Gasteiger partial charge is 0.741 e. The third-order valence-electron chi connectivity index (χ3n) is 3.33. The Hall–Kier alpha value is -0.860. The second-order valence-corrected chi connectivity index (χ2v) is 6.79. The topological polar surface area (TPSA) is 61.6 Å². The van der Waals surface area contributed by atoms with E-state index in [2.05, 4.69) is 31.5 Å². The Balaban J connectivity index is 0.000000515. The van der Waals surface area contributed by atoms with Gasteiger partial charge in [-0.15, -0.1) is 0 Å². The first-order chi connectivity index (χ1) is 10.7. The Morgan fingerprint density at radius 3 is 1.70 bits per heavy atom. The molecule has 0 amide bonds. The van der Waals surface area contributed by atoms with Gasteiger partial charge >= 0.3 is 5.51 Å². The van der Waals surface area contributed by atoms with Gasteiger partial charge in [0.1, 0.15) is 0 Å². The van der Waals surface area contributed by atoms with Gasteiger partial charge in [-0.2, -0.15) is 13.2 Å². The Kier molecular flexibility index (Phi) is 11.2. The van der Waals surface area contributed by atoms with Gasteiger partial charge in [0.05, 0.1) is 18.9 Å². The molecule has 0 saturated heterocycles. The smallest absolute Gasteiger partial charge is 0.485 e. The molecule has 1 aliphatic heterocycles. The summed E-state index contributed by atoms with van der Waals surface area (Å²) in [5.74, 6) is 0. The van der Waals surface area contributed by atoms with E-state index in [4.69, 9.17) is 13.0 Å². The molecule has 0 aliphatic carbocycles. The van der Waals surface area contributed by atoms with E-state index in [1.54, 1.807) is 0 Å². The highest BCUT2D eigenvalue weighted by Crippen LogP contribution is 2.20. The van der Waals surface area contributed by atoms with E-state index in [0.717, 1.165) is 0 Å². The molecule has 0 spiro atoms. The zero-order chi connectivity index (χ0) is 17.8. The Morgan fingerprint density at radius 1 is 0.913 bits per heavy atom. The number of rotatable bonds is 9. The first-order valence-corrected chi connectivity index (χ1v) is 9.32. The fourth-order valence-electron chi connectivity index (χ4n) is 2.04. The van der Waals surface area contributed by atoms with Gasteiger partial charge < -0.3 is 4.55 Å². The van der Waals surface area contributed by atoms with Crippen molar-refractivity contribution in [3.8, 4) is 0 Å². The summed E-state index contributed by atoms with van der Waals surface area (Å²) in [5.41, 5.74) is -5.65. The summed E-state index contributed by atoms with van der Waals surface area (Å²) in [6.07, 6.45) is 20.1. The van der Waals surface area contributed by atoms with E-state index in [-0.39, 0.29) is 0 Å². The van der Waals surface area contributed by atoms with Gasteiger partial charge in [0.15, 0.2) is 10.1 Å². The summed E-state index contributed by atoms with van der Waals surface area (Å²) in [7, 11) is -6.09. The molecule has 0 aromatic heterocycles. The van der Waals surface area contributed by atoms with E-state index in [1.165, 1.54) is 62.8 Å². The van der Waals surface area contributed by atoms with Gasteiger partial charge in [0.2, 0.25) is 0 Å². The fourth-order valence-corrected chi connectivity index (χ4v) is 2.04. The average Bonchev–Trinajstić information content (AvgIpc) is 2.93. The maximum absolute atomic E-state index is 10.7. The summed E-state index contributed by atoms with van der Waals surface area (Å²) < 4.78 is 58.9. The van der Waals surface area contributed by atoms with Crippen molar-refractivity contribution < 1.29 is 31.0 Å². The summed E-state index contributed by atoms with van der Waals surface area (Å²) in [6.45, 7) is 3.56. The van der Waals surface area contributed by atoms with Crippen LogP contribution in [0, 0.1) is 0 Å². The van der Waals surface area contributed by atoms with Crippen molar-refractivity contribution in [2.24, 2.45) is 0 Å². The van der Waals surface area contributed by atoms with Crippen molar-refractivity contribution in [3.63, 3.8) is 0 Å². The highest BCUT2D eigenvalue weighted by Gasteiger charge is 2.36. The molecule has 0 aromatic carbocycles. The second-order valence-electron chi connectivity index (χ2n) is 5.42. The van der Waals surface area contributed by atoms with E-state index in [0.29, 0.717) is 0 Å². The molecule has 0 saturated carbocycles. The van der Waals surface area contributed by atoms with Crippen molar-refractivity contribution in [2.75, 3.05) is 6.54 Å². The minimum absolute atomic E-state index is 1.28. The molecule has 0 fully saturated rings. The van der Waals surface area contributed by atoms with Gasteiger partial charge in [0.25, 0.3) is 0 Å². The molecule has 136 valence electrons. The highest BCUT2D eigenvalue weighted by molar-refractivity contribution is 7.86. The molecule has 1 N–H and O–H groups in total. The first kappa shape index (κ1) is 22.1. The minimum Gasteiger partial charge on any atom is -0.741 e. The van der Waals surface area contributed by atoms with E-state index in [1.807, 2.05) is 0 Å². The number of nitrogens with one attached hydrogen (secondary N) is 1. The number of hydrogen-bond donors (Lipinski definition) is 1. The summed E-state index contributed by atoms with van der Waals surface area (Å²) in [4.78, 5) is 1.51. The maximum Gasteiger partial charge on any atom is 0.485 e. The van der Waals surface area contributed by atoms with Crippen LogP contribution in [0.25, 0.3) is 0 Å². The van der Waals surface area contributed by atoms with Crippen LogP contribution in [0.15, 0.2) is 24.6 Å². The Bertz CT molecular complexity index is 447. The van der Waals surface area contributed by atoms with Crippen molar-refractivity contribution >= 4 is 10.1 Å². The zero-order valence-electron chi connectivity index (χ0n) is 13.4. The quantitative estimate of drug-likeness (QED) is 0.392. The molecule has 0 unspecified atom stereocenters. The predicted molar refractivity (Wildman–Crippen MR) is 82.5 cm³/mol. The molecular weight excluding hydrogens is 331 g/mol. The van der Waals surface area contributed by atoms with Crippen LogP contribution in [-0.2, 0) is 10.1 Å². The van der Waals surface area contributed by atoms with Gasteiger partial charge in [-0.1, -0.05) is 45.4 Å². The average molecular weight is 357 g/mol. The molecule has 8 heteroatoms. The van der Waals surface area contributed by atoms with Crippen LogP contribution in [0.2, 0.25) is 0 Å². The standard InChI is InChI=1S/C14H25N.CHF3O3S/c1-2-3-4-5-6-7-8-9-12-15-13-10-11-14-15;2-1(3,4)8(5,6)7/h10-11,13-14H,2-9,12H2,1H3;(H,5,6,7). The minimum atomic E-state index is -6.09. The van der Waals surface area contributed by atoms with Crippen LogP contribution >= 0.6 is 0 Å². The molecule has 0 aromatic rings. The normalized spacial score (nSPS) is 14.8. The summed E-state index contributed by atoms with van der Waals surface area (Å²) in [6, 6.07) is 0. The Labute approximate surface area is 136 Å². The maximum atomic E-state index is 10.7. The van der Waals surface area contributed by atoms with Crippen molar-refractivity contribution in [1.82, 2.24) is 0 Å². The lowest BCUT2D eigenvalue weighted by Gasteiger charge is -2.08. The molecule has 0 bridgehead atoms. The third-order valence-corrected chi connectivity index (χ3v) is 3.90. The van der Waals surface area contributed by atoms with Crippen molar-refractivity contribution in [1.29, 1.82) is 0 Å². The number of alkyl halides is 3. The molecule has 1 aliphatic rings. The third kappa shape index (κ3) is 12.3. The van der Waals surface area contributed by atoms with Crippen LogP contribution in [0.4, 0.5) is 13.2 Å². The van der Waals surface area contributed by atoms with Gasteiger partial charge in [-0.3, -0.25) is 4.90 Å². The number of unbranched alkanes of at least 4 members (excludes halogenated alkanes) is 7. The van der Waals surface area contributed by atoms with E-state index >= 15 is 0 Å².